The lowest BCUT2D eigenvalue weighted by molar-refractivity contribution is -0.142. The third-order valence-electron chi connectivity index (χ3n) is 8.35. The summed E-state index contributed by atoms with van der Waals surface area (Å²) in [4.78, 5) is 74.5. The van der Waals surface area contributed by atoms with Crippen molar-refractivity contribution in [2.24, 2.45) is 5.92 Å². The van der Waals surface area contributed by atoms with Gasteiger partial charge in [-0.1, -0.05) is 50.2 Å². The summed E-state index contributed by atoms with van der Waals surface area (Å²) in [6.07, 6.45) is 0.0155. The van der Waals surface area contributed by atoms with Gasteiger partial charge in [0.2, 0.25) is 23.6 Å². The molecule has 0 radical (unpaired) electrons. The third-order valence-corrected chi connectivity index (χ3v) is 8.35. The minimum Gasteiger partial charge on any atom is -0.388 e. The third kappa shape index (κ3) is 8.88. The average Bonchev–Trinajstić information content (AvgIpc) is 3.04. The Morgan fingerprint density at radius 3 is 2.39 bits per heavy atom. The molecule has 6 atom stereocenters. The topological polar surface area (TPSA) is 170 Å². The van der Waals surface area contributed by atoms with Gasteiger partial charge in [0.05, 0.1) is 12.6 Å². The van der Waals surface area contributed by atoms with Crippen LogP contribution in [0, 0.1) is 5.92 Å². The van der Waals surface area contributed by atoms with Crippen LogP contribution in [0.4, 0.5) is 0 Å². The van der Waals surface area contributed by atoms with Crippen molar-refractivity contribution in [1.82, 2.24) is 30.7 Å². The second-order valence-electron chi connectivity index (χ2n) is 12.3. The van der Waals surface area contributed by atoms with Crippen molar-refractivity contribution in [3.05, 3.63) is 66.0 Å². The molecule has 2 aliphatic rings. The number of amides is 5. The van der Waals surface area contributed by atoms with Gasteiger partial charge in [-0.25, -0.2) is 0 Å². The van der Waals surface area contributed by atoms with Gasteiger partial charge < -0.3 is 35.6 Å². The van der Waals surface area contributed by atoms with E-state index in [0.717, 1.165) is 5.56 Å². The van der Waals surface area contributed by atoms with Crippen LogP contribution in [0.3, 0.4) is 0 Å². The normalized spacial score (nSPS) is 27.0. The Morgan fingerprint density at radius 1 is 1.00 bits per heavy atom. The molecule has 5 amide bonds. The molecule has 0 saturated carbocycles. The number of carbonyl (C=O) groups excluding carboxylic acids is 5. The van der Waals surface area contributed by atoms with E-state index in [4.69, 9.17) is 4.74 Å². The number of hydrogen-bond donors (Lipinski definition) is 4. The molecule has 0 aliphatic carbocycles. The Hall–Kier alpha value is -4.36. The Morgan fingerprint density at radius 2 is 1.72 bits per heavy atom. The van der Waals surface area contributed by atoms with E-state index in [1.807, 2.05) is 44.2 Å². The average molecular weight is 637 g/mol. The molecule has 4 N–H and O–H groups in total. The Labute approximate surface area is 269 Å². The zero-order valence-electron chi connectivity index (χ0n) is 26.7. The molecule has 2 saturated heterocycles. The van der Waals surface area contributed by atoms with Crippen LogP contribution >= 0.6 is 0 Å². The number of pyridine rings is 1. The first-order valence-corrected chi connectivity index (χ1v) is 15.6. The number of nitrogens with one attached hydrogen (secondary N) is 3. The van der Waals surface area contributed by atoms with Gasteiger partial charge in [0.25, 0.3) is 5.91 Å². The number of aliphatic hydroxyl groups is 1. The molecule has 4 rings (SSSR count). The predicted molar refractivity (Wildman–Crippen MR) is 168 cm³/mol. The van der Waals surface area contributed by atoms with Crippen LogP contribution in [0.15, 0.2) is 54.7 Å². The summed E-state index contributed by atoms with van der Waals surface area (Å²) in [5.41, 5.74) is 0.896. The van der Waals surface area contributed by atoms with Gasteiger partial charge in [-0.05, 0) is 43.4 Å². The predicted octanol–water partition coefficient (Wildman–Crippen LogP) is 0.277. The highest BCUT2D eigenvalue weighted by Crippen LogP contribution is 2.19. The molecule has 2 aliphatic heterocycles. The largest absolute Gasteiger partial charge is 0.388 e. The standard InChI is InChI=1S/C33H44N6O7/c1-20(2)16-26-32(44)38(4)21(3)30(42)37-25(17-22-10-6-5-7-11-22)31(43)36-23-13-15-46-27(29(23)41)18-39(19-28(40)35-26)33(45)24-12-8-9-14-34-24/h5-12,14,20-21,23,25-27,29,41H,13,15-19H2,1-4H3,(H,35,40)(H,36,43)(H,37,42)/t21-,23-,25-,26+,27+,29-/m0/s1. The van der Waals surface area contributed by atoms with Crippen LogP contribution < -0.4 is 16.0 Å². The van der Waals surface area contributed by atoms with Crippen LogP contribution in [-0.2, 0) is 30.3 Å². The van der Waals surface area contributed by atoms with Gasteiger partial charge >= 0.3 is 0 Å². The van der Waals surface area contributed by atoms with Gasteiger partial charge in [0.1, 0.15) is 42.6 Å². The summed E-state index contributed by atoms with van der Waals surface area (Å²) in [5.74, 6) is -2.71. The van der Waals surface area contributed by atoms with E-state index < -0.39 is 72.5 Å². The van der Waals surface area contributed by atoms with Gasteiger partial charge in [0.15, 0.2) is 0 Å². The van der Waals surface area contributed by atoms with Crippen LogP contribution in [0.2, 0.25) is 0 Å². The molecule has 0 spiro atoms. The van der Waals surface area contributed by atoms with Gasteiger partial charge in [-0.2, -0.15) is 0 Å². The van der Waals surface area contributed by atoms with Crippen molar-refractivity contribution in [2.45, 2.75) is 76.4 Å². The van der Waals surface area contributed by atoms with Crippen LogP contribution in [-0.4, -0.2) is 113 Å². The second kappa shape index (κ2) is 15.8. The van der Waals surface area contributed by atoms with Crippen molar-refractivity contribution in [2.75, 3.05) is 26.7 Å². The molecule has 13 nitrogen and oxygen atoms in total. The zero-order valence-corrected chi connectivity index (χ0v) is 26.7. The molecule has 1 aromatic heterocycles. The summed E-state index contributed by atoms with van der Waals surface area (Å²) >= 11 is 0. The molecule has 248 valence electrons. The SMILES string of the molecule is CC(C)C[C@H]1NC(=O)CN(C(=O)c2ccccn2)C[C@H]2OCC[C@H](NC(=O)[C@H](Cc3ccccc3)NC(=O)[C@H](C)N(C)C1=O)[C@@H]2O. The molecular formula is C33H44N6O7. The first kappa shape index (κ1) is 34.5. The Bertz CT molecular complexity index is 1380. The van der Waals surface area contributed by atoms with Crippen LogP contribution in [0.5, 0.6) is 0 Å². The summed E-state index contributed by atoms with van der Waals surface area (Å²) in [6, 6.07) is 10.3. The molecule has 3 heterocycles. The number of hydrogen-bond acceptors (Lipinski definition) is 8. The van der Waals surface area contributed by atoms with E-state index in [9.17, 15) is 29.1 Å². The number of aromatic nitrogens is 1. The first-order valence-electron chi connectivity index (χ1n) is 15.6. The summed E-state index contributed by atoms with van der Waals surface area (Å²) < 4.78 is 5.85. The van der Waals surface area contributed by atoms with E-state index in [1.165, 1.54) is 29.1 Å². The molecule has 2 aromatic rings. The van der Waals surface area contributed by atoms with E-state index in [2.05, 4.69) is 20.9 Å². The number of nitrogens with zero attached hydrogens (tertiary/aromatic N) is 3. The number of likely N-dealkylation sites (N-methyl/N-ethyl adjacent to an activating group) is 1. The van der Waals surface area contributed by atoms with Crippen molar-refractivity contribution < 1.29 is 33.8 Å². The maximum Gasteiger partial charge on any atom is 0.273 e. The van der Waals surface area contributed by atoms with Crippen LogP contribution in [0.1, 0.15) is 49.7 Å². The molecule has 2 fully saturated rings. The van der Waals surface area contributed by atoms with Crippen molar-refractivity contribution in [1.29, 1.82) is 0 Å². The number of fused-ring (bicyclic) bond motifs is 2. The van der Waals surface area contributed by atoms with Crippen molar-refractivity contribution in [3.63, 3.8) is 0 Å². The quantitative estimate of drug-likeness (QED) is 0.363. The number of ether oxygens (including phenoxy) is 1. The van der Waals surface area contributed by atoms with E-state index >= 15 is 0 Å². The summed E-state index contributed by atoms with van der Waals surface area (Å²) in [5, 5.41) is 19.8. The number of carbonyl (C=O) groups is 5. The van der Waals surface area contributed by atoms with Crippen molar-refractivity contribution in [3.8, 4) is 0 Å². The lowest BCUT2D eigenvalue weighted by Gasteiger charge is -2.38. The zero-order chi connectivity index (χ0) is 33.4. The lowest BCUT2D eigenvalue weighted by Crippen LogP contribution is -2.60. The smallest absolute Gasteiger partial charge is 0.273 e. The first-order chi connectivity index (χ1) is 21.9. The molecule has 0 unspecified atom stereocenters. The molecule has 46 heavy (non-hydrogen) atoms. The molecule has 1 aromatic carbocycles. The maximum atomic E-state index is 13.7. The minimum absolute atomic E-state index is 0.00816. The fourth-order valence-corrected chi connectivity index (χ4v) is 5.63. The van der Waals surface area contributed by atoms with Crippen molar-refractivity contribution >= 4 is 29.5 Å². The van der Waals surface area contributed by atoms with Gasteiger partial charge in [-0.15, -0.1) is 0 Å². The minimum atomic E-state index is -1.23. The summed E-state index contributed by atoms with van der Waals surface area (Å²) in [6.45, 7) is 4.90. The number of aliphatic hydroxyl groups excluding tert-OH is 1. The molecule has 13 heteroatoms. The van der Waals surface area contributed by atoms with E-state index in [1.54, 1.807) is 19.1 Å². The molecule has 2 bridgehead atoms. The second-order valence-corrected chi connectivity index (χ2v) is 12.3. The lowest BCUT2D eigenvalue weighted by atomic mass is 9.97. The highest BCUT2D eigenvalue weighted by Gasteiger charge is 2.39. The molecular weight excluding hydrogens is 592 g/mol. The fourth-order valence-electron chi connectivity index (χ4n) is 5.63. The highest BCUT2D eigenvalue weighted by molar-refractivity contribution is 5.97. The van der Waals surface area contributed by atoms with Gasteiger partial charge in [0, 0.05) is 26.3 Å². The van der Waals surface area contributed by atoms with Gasteiger partial charge in [-0.3, -0.25) is 29.0 Å². The number of rotatable bonds is 5. The van der Waals surface area contributed by atoms with E-state index in [0.29, 0.717) is 0 Å². The monoisotopic (exact) mass is 636 g/mol. The number of benzene rings is 1. The highest BCUT2D eigenvalue weighted by atomic mass is 16.5. The Kier molecular flexibility index (Phi) is 11.8. The maximum absolute atomic E-state index is 13.7. The van der Waals surface area contributed by atoms with E-state index in [-0.39, 0.29) is 44.0 Å². The van der Waals surface area contributed by atoms with Crippen LogP contribution in [0.25, 0.3) is 0 Å². The Balaban J connectivity index is 1.70. The fraction of sp³-hybridized carbons (Fsp3) is 0.515. The summed E-state index contributed by atoms with van der Waals surface area (Å²) in [7, 11) is 1.47.